The summed E-state index contributed by atoms with van der Waals surface area (Å²) in [6.07, 6.45) is -0.430. The van der Waals surface area contributed by atoms with Crippen LogP contribution < -0.4 is 16.0 Å². The van der Waals surface area contributed by atoms with Crippen LogP contribution in [-0.4, -0.2) is 48.1 Å². The lowest BCUT2D eigenvalue weighted by Crippen LogP contribution is -2.50. The number of carboxylic acids is 1. The Labute approximate surface area is 157 Å². The first-order valence-corrected chi connectivity index (χ1v) is 8.51. The Bertz CT molecular complexity index is 648. The van der Waals surface area contributed by atoms with Crippen molar-refractivity contribution in [3.8, 4) is 0 Å². The number of aliphatic carboxylic acids is 1. The maximum atomic E-state index is 12.0. The largest absolute Gasteiger partial charge is 0.480 e. The Hall–Kier alpha value is -3.10. The molecule has 0 aromatic heterocycles. The van der Waals surface area contributed by atoms with Crippen molar-refractivity contribution >= 4 is 23.9 Å². The molecule has 0 aliphatic heterocycles. The molecule has 3 amide bonds. The average molecular weight is 379 g/mol. The number of rotatable bonds is 10. The highest BCUT2D eigenvalue weighted by molar-refractivity contribution is 5.90. The number of carboxylic acid groups (broad SMARTS) is 1. The van der Waals surface area contributed by atoms with Crippen LogP contribution >= 0.6 is 0 Å². The molecule has 1 atom stereocenters. The van der Waals surface area contributed by atoms with Crippen LogP contribution in [0, 0.1) is 5.92 Å². The van der Waals surface area contributed by atoms with Gasteiger partial charge in [-0.1, -0.05) is 44.2 Å². The van der Waals surface area contributed by atoms with E-state index < -0.39 is 36.5 Å². The number of hydrogen-bond acceptors (Lipinski definition) is 5. The van der Waals surface area contributed by atoms with E-state index in [-0.39, 0.29) is 19.1 Å². The fourth-order valence-corrected chi connectivity index (χ4v) is 2.16. The molecule has 27 heavy (non-hydrogen) atoms. The third-order valence-electron chi connectivity index (χ3n) is 3.38. The predicted molar refractivity (Wildman–Crippen MR) is 96.7 cm³/mol. The molecule has 0 aliphatic carbocycles. The van der Waals surface area contributed by atoms with Gasteiger partial charge in [-0.25, -0.2) is 4.79 Å². The van der Waals surface area contributed by atoms with Crippen molar-refractivity contribution in [3.63, 3.8) is 0 Å². The summed E-state index contributed by atoms with van der Waals surface area (Å²) in [4.78, 5) is 46.2. The minimum Gasteiger partial charge on any atom is -0.480 e. The average Bonchev–Trinajstić information content (AvgIpc) is 2.62. The number of benzene rings is 1. The molecular weight excluding hydrogens is 354 g/mol. The van der Waals surface area contributed by atoms with E-state index in [4.69, 9.17) is 9.84 Å². The molecule has 4 N–H and O–H groups in total. The Morgan fingerprint density at radius 2 is 1.70 bits per heavy atom. The molecule has 9 nitrogen and oxygen atoms in total. The molecule has 0 radical (unpaired) electrons. The standard InChI is InChI=1S/C18H25N3O6/c1-12(2)8-14(17(25)19-10-16(23)24)21-15(22)9-20-18(26)27-11-13-6-4-3-5-7-13/h3-7,12,14H,8-11H2,1-2H3,(H,19,25)(H,20,26)(H,21,22)(H,23,24)/t14-/m1/s1. The molecule has 1 aromatic carbocycles. The molecular formula is C18H25N3O6. The highest BCUT2D eigenvalue weighted by Crippen LogP contribution is 2.05. The van der Waals surface area contributed by atoms with Crippen LogP contribution in [0.4, 0.5) is 4.79 Å². The van der Waals surface area contributed by atoms with Crippen LogP contribution in [0.15, 0.2) is 30.3 Å². The highest BCUT2D eigenvalue weighted by atomic mass is 16.5. The SMILES string of the molecule is CC(C)C[C@@H](NC(=O)CNC(=O)OCc1ccccc1)C(=O)NCC(=O)O. The fourth-order valence-electron chi connectivity index (χ4n) is 2.16. The van der Waals surface area contributed by atoms with E-state index in [0.29, 0.717) is 6.42 Å². The lowest BCUT2D eigenvalue weighted by Gasteiger charge is -2.19. The van der Waals surface area contributed by atoms with Crippen molar-refractivity contribution in [2.45, 2.75) is 32.9 Å². The summed E-state index contributed by atoms with van der Waals surface area (Å²) in [7, 11) is 0. The third kappa shape index (κ3) is 9.83. The summed E-state index contributed by atoms with van der Waals surface area (Å²) in [6, 6.07) is 8.17. The van der Waals surface area contributed by atoms with Crippen LogP contribution in [0.3, 0.4) is 0 Å². The Morgan fingerprint density at radius 1 is 1.04 bits per heavy atom. The summed E-state index contributed by atoms with van der Waals surface area (Å²) in [5, 5.41) is 15.6. The molecule has 0 spiro atoms. The Morgan fingerprint density at radius 3 is 2.30 bits per heavy atom. The smallest absolute Gasteiger partial charge is 0.407 e. The van der Waals surface area contributed by atoms with Gasteiger partial charge in [0.2, 0.25) is 11.8 Å². The van der Waals surface area contributed by atoms with E-state index in [0.717, 1.165) is 5.56 Å². The van der Waals surface area contributed by atoms with Crippen molar-refractivity contribution < 1.29 is 29.0 Å². The van der Waals surface area contributed by atoms with Gasteiger partial charge < -0.3 is 25.8 Å². The third-order valence-corrected chi connectivity index (χ3v) is 3.38. The fraction of sp³-hybridized carbons (Fsp3) is 0.444. The maximum Gasteiger partial charge on any atom is 0.407 e. The molecule has 1 rings (SSSR count). The molecule has 0 aliphatic rings. The van der Waals surface area contributed by atoms with Gasteiger partial charge >= 0.3 is 12.1 Å². The second kappa shape index (κ2) is 11.5. The molecule has 0 heterocycles. The van der Waals surface area contributed by atoms with Crippen LogP contribution in [0.2, 0.25) is 0 Å². The van der Waals surface area contributed by atoms with Crippen molar-refractivity contribution in [2.24, 2.45) is 5.92 Å². The second-order valence-electron chi connectivity index (χ2n) is 6.28. The molecule has 0 saturated carbocycles. The van der Waals surface area contributed by atoms with Crippen LogP contribution in [0.1, 0.15) is 25.8 Å². The van der Waals surface area contributed by atoms with Gasteiger partial charge in [-0.2, -0.15) is 0 Å². The molecule has 0 bridgehead atoms. The first kappa shape index (κ1) is 21.9. The highest BCUT2D eigenvalue weighted by Gasteiger charge is 2.22. The number of alkyl carbamates (subject to hydrolysis) is 1. The Kier molecular flexibility index (Phi) is 9.35. The number of hydrogen-bond donors (Lipinski definition) is 4. The van der Waals surface area contributed by atoms with Crippen molar-refractivity contribution in [1.82, 2.24) is 16.0 Å². The van der Waals surface area contributed by atoms with Crippen LogP contribution in [0.5, 0.6) is 0 Å². The van der Waals surface area contributed by atoms with E-state index in [9.17, 15) is 19.2 Å². The first-order chi connectivity index (χ1) is 12.8. The van der Waals surface area contributed by atoms with Crippen LogP contribution in [0.25, 0.3) is 0 Å². The Balaban J connectivity index is 2.42. The number of nitrogens with one attached hydrogen (secondary N) is 3. The van der Waals surface area contributed by atoms with Crippen molar-refractivity contribution in [3.05, 3.63) is 35.9 Å². The van der Waals surface area contributed by atoms with Crippen molar-refractivity contribution in [2.75, 3.05) is 13.1 Å². The van der Waals surface area contributed by atoms with Gasteiger partial charge in [0, 0.05) is 0 Å². The van der Waals surface area contributed by atoms with Gasteiger partial charge in [-0.15, -0.1) is 0 Å². The van der Waals surface area contributed by atoms with Gasteiger partial charge in [-0.3, -0.25) is 14.4 Å². The zero-order valence-electron chi connectivity index (χ0n) is 15.4. The molecule has 0 unspecified atom stereocenters. The predicted octanol–water partition coefficient (Wildman–Crippen LogP) is 0.645. The molecule has 148 valence electrons. The van der Waals surface area contributed by atoms with Gasteiger partial charge in [-0.05, 0) is 17.9 Å². The van der Waals surface area contributed by atoms with Gasteiger partial charge in [0.15, 0.2) is 0 Å². The molecule has 0 fully saturated rings. The number of amides is 3. The number of carbonyl (C=O) groups is 4. The van der Waals surface area contributed by atoms with E-state index in [2.05, 4.69) is 16.0 Å². The van der Waals surface area contributed by atoms with Gasteiger partial charge in [0.25, 0.3) is 0 Å². The minimum atomic E-state index is -1.18. The first-order valence-electron chi connectivity index (χ1n) is 8.51. The van der Waals surface area contributed by atoms with Gasteiger partial charge in [0.1, 0.15) is 25.7 Å². The monoisotopic (exact) mass is 379 g/mol. The normalized spacial score (nSPS) is 11.4. The quantitative estimate of drug-likeness (QED) is 0.471. The van der Waals surface area contributed by atoms with Crippen molar-refractivity contribution in [1.29, 1.82) is 0 Å². The topological polar surface area (TPSA) is 134 Å². The molecule has 0 saturated heterocycles. The summed E-state index contributed by atoms with van der Waals surface area (Å²) < 4.78 is 4.99. The summed E-state index contributed by atoms with van der Waals surface area (Å²) in [5.74, 6) is -2.26. The van der Waals surface area contributed by atoms with E-state index in [1.54, 1.807) is 12.1 Å². The molecule has 1 aromatic rings. The lowest BCUT2D eigenvalue weighted by atomic mass is 10.0. The molecule has 9 heteroatoms. The summed E-state index contributed by atoms with van der Waals surface area (Å²) in [5.41, 5.74) is 0.809. The minimum absolute atomic E-state index is 0.0713. The summed E-state index contributed by atoms with van der Waals surface area (Å²) >= 11 is 0. The second-order valence-corrected chi connectivity index (χ2v) is 6.28. The van der Waals surface area contributed by atoms with E-state index >= 15 is 0 Å². The van der Waals surface area contributed by atoms with E-state index in [1.807, 2.05) is 32.0 Å². The maximum absolute atomic E-state index is 12.0. The lowest BCUT2D eigenvalue weighted by molar-refractivity contribution is -0.138. The zero-order chi connectivity index (χ0) is 20.2. The van der Waals surface area contributed by atoms with E-state index in [1.165, 1.54) is 0 Å². The number of ether oxygens (including phenoxy) is 1. The van der Waals surface area contributed by atoms with Crippen LogP contribution in [-0.2, 0) is 25.7 Å². The zero-order valence-corrected chi connectivity index (χ0v) is 15.4. The van der Waals surface area contributed by atoms with Gasteiger partial charge in [0.05, 0.1) is 0 Å². The summed E-state index contributed by atoms with van der Waals surface area (Å²) in [6.45, 7) is 2.90. The number of carbonyl (C=O) groups excluding carboxylic acids is 3.